The van der Waals surface area contributed by atoms with Crippen molar-refractivity contribution < 1.29 is 18.9 Å². The van der Waals surface area contributed by atoms with Crippen molar-refractivity contribution in [3.05, 3.63) is 39.6 Å². The number of thiophene rings is 1. The average molecular weight is 476 g/mol. The molecule has 1 aliphatic heterocycles. The number of rotatable bonds is 12. The SMILES string of the molecule is CCC(OCNCc1scc2c1OCCO2)Oc1ccc(C(C)(C)CC)cc1C(C)(C)CC. The van der Waals surface area contributed by atoms with E-state index in [9.17, 15) is 0 Å². The number of ether oxygens (including phenoxy) is 4. The Hall–Kier alpha value is -1.76. The summed E-state index contributed by atoms with van der Waals surface area (Å²) in [5, 5.41) is 5.36. The first-order valence-electron chi connectivity index (χ1n) is 12.2. The molecule has 0 amide bonds. The van der Waals surface area contributed by atoms with E-state index in [-0.39, 0.29) is 17.1 Å². The van der Waals surface area contributed by atoms with E-state index in [1.165, 1.54) is 11.1 Å². The average Bonchev–Trinajstić information content (AvgIpc) is 3.24. The van der Waals surface area contributed by atoms with Crippen molar-refractivity contribution in [2.24, 2.45) is 0 Å². The molecule has 0 aliphatic carbocycles. The van der Waals surface area contributed by atoms with Gasteiger partial charge in [0.05, 0.1) is 4.88 Å². The minimum Gasteiger partial charge on any atom is -0.485 e. The van der Waals surface area contributed by atoms with E-state index in [2.05, 4.69) is 72.0 Å². The molecule has 2 aromatic rings. The van der Waals surface area contributed by atoms with E-state index in [0.717, 1.165) is 41.4 Å². The summed E-state index contributed by atoms with van der Waals surface area (Å²) >= 11 is 1.65. The first-order chi connectivity index (χ1) is 15.7. The van der Waals surface area contributed by atoms with Gasteiger partial charge in [-0.1, -0.05) is 60.6 Å². The number of fused-ring (bicyclic) bond motifs is 1. The summed E-state index contributed by atoms with van der Waals surface area (Å²) < 4.78 is 23.8. The molecule has 0 fully saturated rings. The molecule has 6 heteroatoms. The zero-order chi connectivity index (χ0) is 24.1. The van der Waals surface area contributed by atoms with Crippen LogP contribution in [0.15, 0.2) is 23.6 Å². The third-order valence-corrected chi connectivity index (χ3v) is 7.83. The second-order valence-corrected chi connectivity index (χ2v) is 10.9. The fourth-order valence-corrected chi connectivity index (χ4v) is 4.58. The molecular weight excluding hydrogens is 434 g/mol. The third-order valence-electron chi connectivity index (χ3n) is 6.88. The topological polar surface area (TPSA) is 49.0 Å². The number of hydrogen-bond donors (Lipinski definition) is 1. The zero-order valence-electron chi connectivity index (χ0n) is 21.4. The monoisotopic (exact) mass is 475 g/mol. The van der Waals surface area contributed by atoms with Crippen molar-refractivity contribution in [3.63, 3.8) is 0 Å². The Kier molecular flexibility index (Phi) is 8.70. The van der Waals surface area contributed by atoms with E-state index in [1.807, 2.05) is 5.38 Å². The Labute approximate surface area is 203 Å². The van der Waals surface area contributed by atoms with Gasteiger partial charge < -0.3 is 18.9 Å². The van der Waals surface area contributed by atoms with Gasteiger partial charge in [-0.05, 0) is 35.3 Å². The molecule has 1 aliphatic rings. The smallest absolute Gasteiger partial charge is 0.201 e. The standard InChI is InChI=1S/C27H41NO4S/c1-8-24(31-18-28-16-23-25-22(17-33-23)29-13-14-30-25)32-21-12-11-19(26(4,5)9-2)15-20(21)27(6,7)10-3/h11-12,15,17,24,28H,8-10,13-14,16,18H2,1-7H3. The van der Waals surface area contributed by atoms with Crippen LogP contribution in [-0.4, -0.2) is 26.2 Å². The molecule has 5 nitrogen and oxygen atoms in total. The van der Waals surface area contributed by atoms with Gasteiger partial charge in [-0.25, -0.2) is 0 Å². The Morgan fingerprint density at radius 1 is 1.03 bits per heavy atom. The van der Waals surface area contributed by atoms with Gasteiger partial charge in [0, 0.05) is 23.9 Å². The summed E-state index contributed by atoms with van der Waals surface area (Å²) in [6.45, 7) is 18.0. The maximum absolute atomic E-state index is 6.41. The summed E-state index contributed by atoms with van der Waals surface area (Å²) in [7, 11) is 0. The molecule has 0 saturated carbocycles. The van der Waals surface area contributed by atoms with E-state index >= 15 is 0 Å². The summed E-state index contributed by atoms with van der Waals surface area (Å²) in [5.74, 6) is 2.63. The summed E-state index contributed by atoms with van der Waals surface area (Å²) in [4.78, 5) is 1.13. The van der Waals surface area contributed by atoms with Crippen molar-refractivity contribution in [3.8, 4) is 17.2 Å². The van der Waals surface area contributed by atoms with Crippen molar-refractivity contribution >= 4 is 11.3 Å². The van der Waals surface area contributed by atoms with Crippen LogP contribution in [0.3, 0.4) is 0 Å². The van der Waals surface area contributed by atoms with Gasteiger partial charge in [0.2, 0.25) is 6.29 Å². The molecule has 184 valence electrons. The fourth-order valence-electron chi connectivity index (χ4n) is 3.71. The molecule has 0 bridgehead atoms. The molecule has 1 N–H and O–H groups in total. The Morgan fingerprint density at radius 2 is 1.76 bits per heavy atom. The minimum atomic E-state index is -0.314. The molecule has 1 atom stereocenters. The number of hydrogen-bond acceptors (Lipinski definition) is 6. The molecule has 1 unspecified atom stereocenters. The molecule has 0 radical (unpaired) electrons. The largest absolute Gasteiger partial charge is 0.485 e. The minimum absolute atomic E-state index is 0.0199. The summed E-state index contributed by atoms with van der Waals surface area (Å²) in [5.41, 5.74) is 2.76. The molecular formula is C27H41NO4S. The second kappa shape index (κ2) is 11.1. The molecule has 33 heavy (non-hydrogen) atoms. The van der Waals surface area contributed by atoms with Crippen LogP contribution in [0.5, 0.6) is 17.2 Å². The maximum Gasteiger partial charge on any atom is 0.201 e. The maximum atomic E-state index is 6.41. The van der Waals surface area contributed by atoms with Crippen LogP contribution in [-0.2, 0) is 22.1 Å². The second-order valence-electron chi connectivity index (χ2n) is 9.93. The number of nitrogens with one attached hydrogen (secondary N) is 1. The molecule has 0 saturated heterocycles. The first-order valence-corrected chi connectivity index (χ1v) is 13.1. The lowest BCUT2D eigenvalue weighted by Crippen LogP contribution is -2.28. The normalized spacial score (nSPS) is 14.9. The van der Waals surface area contributed by atoms with Crippen LogP contribution in [0.1, 0.15) is 83.7 Å². The van der Waals surface area contributed by atoms with Crippen molar-refractivity contribution in [1.82, 2.24) is 5.32 Å². The van der Waals surface area contributed by atoms with Crippen molar-refractivity contribution in [2.45, 2.75) is 91.4 Å². The highest BCUT2D eigenvalue weighted by Crippen LogP contribution is 2.40. The highest BCUT2D eigenvalue weighted by atomic mass is 32.1. The van der Waals surface area contributed by atoms with Crippen molar-refractivity contribution in [1.29, 1.82) is 0 Å². The van der Waals surface area contributed by atoms with Gasteiger partial charge in [-0.15, -0.1) is 11.3 Å². The van der Waals surface area contributed by atoms with E-state index in [4.69, 9.17) is 18.9 Å². The quantitative estimate of drug-likeness (QED) is 0.271. The Balaban J connectivity index is 1.64. The highest BCUT2D eigenvalue weighted by Gasteiger charge is 2.27. The van der Waals surface area contributed by atoms with Crippen LogP contribution in [0.4, 0.5) is 0 Å². The predicted octanol–water partition coefficient (Wildman–Crippen LogP) is 6.77. The lowest BCUT2D eigenvalue weighted by Gasteiger charge is -2.31. The van der Waals surface area contributed by atoms with Gasteiger partial charge in [0.25, 0.3) is 0 Å². The van der Waals surface area contributed by atoms with Crippen LogP contribution in [0.25, 0.3) is 0 Å². The zero-order valence-corrected chi connectivity index (χ0v) is 22.2. The van der Waals surface area contributed by atoms with Crippen molar-refractivity contribution in [2.75, 3.05) is 19.9 Å². The van der Waals surface area contributed by atoms with Gasteiger partial charge in [-0.2, -0.15) is 0 Å². The lowest BCUT2D eigenvalue weighted by atomic mass is 9.76. The first kappa shape index (κ1) is 25.9. The van der Waals surface area contributed by atoms with Crippen LogP contribution in [0.2, 0.25) is 0 Å². The Bertz CT molecular complexity index is 906. The Morgan fingerprint density at radius 3 is 2.45 bits per heavy atom. The van der Waals surface area contributed by atoms with Crippen LogP contribution in [0, 0.1) is 0 Å². The van der Waals surface area contributed by atoms with Gasteiger partial charge in [0.15, 0.2) is 11.5 Å². The van der Waals surface area contributed by atoms with Crippen LogP contribution < -0.4 is 19.5 Å². The molecule has 3 rings (SSSR count). The third kappa shape index (κ3) is 6.23. The predicted molar refractivity (Wildman–Crippen MR) is 136 cm³/mol. The lowest BCUT2D eigenvalue weighted by molar-refractivity contribution is -0.0889. The van der Waals surface area contributed by atoms with Gasteiger partial charge in [-0.3, -0.25) is 5.32 Å². The summed E-state index contributed by atoms with van der Waals surface area (Å²) in [6, 6.07) is 6.69. The van der Waals surface area contributed by atoms with Crippen LogP contribution >= 0.6 is 11.3 Å². The number of benzene rings is 1. The molecule has 0 spiro atoms. The molecule has 1 aromatic carbocycles. The molecule has 2 heterocycles. The van der Waals surface area contributed by atoms with Gasteiger partial charge >= 0.3 is 0 Å². The van der Waals surface area contributed by atoms with E-state index in [1.54, 1.807) is 11.3 Å². The fraction of sp³-hybridized carbons (Fsp3) is 0.630. The summed E-state index contributed by atoms with van der Waals surface area (Å²) in [6.07, 6.45) is 2.58. The van der Waals surface area contributed by atoms with Gasteiger partial charge in [0.1, 0.15) is 25.7 Å². The molecule has 1 aromatic heterocycles. The van der Waals surface area contributed by atoms with E-state index < -0.39 is 0 Å². The highest BCUT2D eigenvalue weighted by molar-refractivity contribution is 7.10. The van der Waals surface area contributed by atoms with E-state index in [0.29, 0.717) is 26.5 Å².